The van der Waals surface area contributed by atoms with Gasteiger partial charge in [0.2, 0.25) is 0 Å². The van der Waals surface area contributed by atoms with Gasteiger partial charge in [-0.15, -0.1) is 0 Å². The van der Waals surface area contributed by atoms with Gasteiger partial charge in [0, 0.05) is 44.4 Å². The summed E-state index contributed by atoms with van der Waals surface area (Å²) in [6.07, 6.45) is -0.713. The maximum Gasteiger partial charge on any atom is 0.348 e. The Hall–Kier alpha value is -3.40. The second-order valence-corrected chi connectivity index (χ2v) is 6.49. The quantitative estimate of drug-likeness (QED) is 0.659. The number of H-pyrrole nitrogens is 1. The van der Waals surface area contributed by atoms with Crippen molar-refractivity contribution in [2.45, 2.75) is 6.42 Å². The van der Waals surface area contributed by atoms with E-state index in [1.807, 2.05) is 19.0 Å². The van der Waals surface area contributed by atoms with Crippen LogP contribution < -0.4 is 16.3 Å². The maximum absolute atomic E-state index is 14.8. The van der Waals surface area contributed by atoms with Gasteiger partial charge in [-0.3, -0.25) is 0 Å². The Morgan fingerprint density at radius 2 is 1.93 bits per heavy atom. The molecule has 0 aliphatic carbocycles. The molecule has 0 saturated carbocycles. The van der Waals surface area contributed by atoms with Crippen molar-refractivity contribution in [2.75, 3.05) is 25.5 Å². The van der Waals surface area contributed by atoms with Crippen LogP contribution in [0.4, 0.5) is 19.0 Å². The number of hydrogen-bond acceptors (Lipinski definition) is 5. The molecule has 0 unspecified atom stereocenters. The van der Waals surface area contributed by atoms with Gasteiger partial charge in [-0.05, 0) is 29.8 Å². The van der Waals surface area contributed by atoms with Crippen LogP contribution in [0, 0.1) is 5.82 Å². The first-order valence-electron chi connectivity index (χ1n) is 8.65. The number of aromatic amines is 1. The van der Waals surface area contributed by atoms with Crippen LogP contribution in [0.15, 0.2) is 53.0 Å². The normalized spacial score (nSPS) is 10.8. The van der Waals surface area contributed by atoms with Crippen LogP contribution in [0.25, 0.3) is 16.8 Å². The van der Waals surface area contributed by atoms with Crippen molar-refractivity contribution in [1.82, 2.24) is 19.7 Å². The average molecular weight is 404 g/mol. The number of halogens is 3. The summed E-state index contributed by atoms with van der Waals surface area (Å²) < 4.78 is 41.6. The molecule has 0 radical (unpaired) electrons. The number of benzene rings is 1. The number of hydrogen-bond donors (Lipinski definition) is 2. The van der Waals surface area contributed by atoms with Crippen molar-refractivity contribution in [3.63, 3.8) is 0 Å². The van der Waals surface area contributed by atoms with Crippen LogP contribution in [0.3, 0.4) is 0 Å². The van der Waals surface area contributed by atoms with E-state index in [1.165, 1.54) is 12.1 Å². The Kier molecular flexibility index (Phi) is 5.83. The third-order valence-electron chi connectivity index (χ3n) is 4.35. The predicted molar refractivity (Wildman–Crippen MR) is 104 cm³/mol. The molecule has 7 nitrogen and oxygen atoms in total. The summed E-state index contributed by atoms with van der Waals surface area (Å²) in [5.41, 5.74) is 5.34. The molecule has 3 N–H and O–H groups in total. The van der Waals surface area contributed by atoms with E-state index in [2.05, 4.69) is 15.2 Å². The fourth-order valence-electron chi connectivity index (χ4n) is 2.79. The Bertz CT molecular complexity index is 1100. The van der Waals surface area contributed by atoms with Gasteiger partial charge >= 0.3 is 5.69 Å². The molecule has 0 fully saturated rings. The van der Waals surface area contributed by atoms with Gasteiger partial charge < -0.3 is 10.6 Å². The predicted octanol–water partition coefficient (Wildman–Crippen LogP) is 2.48. The average Bonchev–Trinajstić information content (AvgIpc) is 3.05. The monoisotopic (exact) mass is 404 g/mol. The molecule has 152 valence electrons. The Morgan fingerprint density at radius 1 is 1.21 bits per heavy atom. The van der Waals surface area contributed by atoms with Crippen molar-refractivity contribution < 1.29 is 13.2 Å². The molecule has 10 heteroatoms. The van der Waals surface area contributed by atoms with Crippen LogP contribution >= 0.6 is 0 Å². The van der Waals surface area contributed by atoms with Crippen LogP contribution in [-0.2, 0) is 6.42 Å². The summed E-state index contributed by atoms with van der Waals surface area (Å²) in [6.45, 7) is -0.402. The molecule has 2 aromatic heterocycles. The molecule has 29 heavy (non-hydrogen) atoms. The van der Waals surface area contributed by atoms with Gasteiger partial charge in [-0.2, -0.15) is 13.9 Å². The van der Waals surface area contributed by atoms with E-state index in [0.717, 1.165) is 10.4 Å². The standard InChI is InChI=1S/C19H19F3N6O/c1-27(2)16-6-4-12(10-24-16)11-3-5-15(14(20)7-11)28-17(25-26-19(28)29)8-13(9-23)18(21)22/h3-7,10H,8-9,23H2,1-2H3,(H,26,29). The second-order valence-electron chi connectivity index (χ2n) is 6.49. The highest BCUT2D eigenvalue weighted by Crippen LogP contribution is 2.25. The minimum absolute atomic E-state index is 0.0631. The molecular formula is C19H19F3N6O. The Morgan fingerprint density at radius 3 is 2.48 bits per heavy atom. The molecular weight excluding hydrogens is 385 g/mol. The first-order valence-corrected chi connectivity index (χ1v) is 8.65. The van der Waals surface area contributed by atoms with E-state index in [-0.39, 0.29) is 23.5 Å². The van der Waals surface area contributed by atoms with E-state index < -0.39 is 24.1 Å². The summed E-state index contributed by atoms with van der Waals surface area (Å²) in [5.74, 6) is -0.0147. The summed E-state index contributed by atoms with van der Waals surface area (Å²) >= 11 is 0. The smallest absolute Gasteiger partial charge is 0.348 e. The topological polar surface area (TPSA) is 92.8 Å². The van der Waals surface area contributed by atoms with Gasteiger partial charge in [0.25, 0.3) is 6.08 Å². The van der Waals surface area contributed by atoms with Crippen LogP contribution in [-0.4, -0.2) is 40.4 Å². The summed E-state index contributed by atoms with van der Waals surface area (Å²) in [6, 6.07) is 7.85. The minimum atomic E-state index is -1.95. The van der Waals surface area contributed by atoms with Gasteiger partial charge in [-0.1, -0.05) is 6.07 Å². The zero-order chi connectivity index (χ0) is 21.1. The molecule has 1 aromatic carbocycles. The largest absolute Gasteiger partial charge is 0.363 e. The lowest BCUT2D eigenvalue weighted by atomic mass is 10.1. The molecule has 0 bridgehead atoms. The zero-order valence-electron chi connectivity index (χ0n) is 15.8. The van der Waals surface area contributed by atoms with Gasteiger partial charge in [0.15, 0.2) is 0 Å². The second kappa shape index (κ2) is 8.31. The fraction of sp³-hybridized carbons (Fsp3) is 0.211. The highest BCUT2D eigenvalue weighted by atomic mass is 19.3. The molecule has 0 amide bonds. The van der Waals surface area contributed by atoms with Crippen LogP contribution in [0.1, 0.15) is 5.82 Å². The van der Waals surface area contributed by atoms with Crippen molar-refractivity contribution in [3.8, 4) is 16.8 Å². The summed E-state index contributed by atoms with van der Waals surface area (Å²) in [4.78, 5) is 18.2. The van der Waals surface area contributed by atoms with Gasteiger partial charge in [0.1, 0.15) is 17.5 Å². The summed E-state index contributed by atoms with van der Waals surface area (Å²) in [5, 5.41) is 5.89. The molecule has 0 aliphatic heterocycles. The summed E-state index contributed by atoms with van der Waals surface area (Å²) in [7, 11) is 3.72. The number of rotatable bonds is 6. The third-order valence-corrected chi connectivity index (χ3v) is 4.35. The molecule has 0 saturated heterocycles. The van der Waals surface area contributed by atoms with Gasteiger partial charge in [-0.25, -0.2) is 23.8 Å². The Balaban J connectivity index is 1.99. The number of aromatic nitrogens is 4. The number of anilines is 1. The van der Waals surface area contributed by atoms with Crippen LogP contribution in [0.5, 0.6) is 0 Å². The number of nitrogens with two attached hydrogens (primary N) is 1. The first kappa shape index (κ1) is 20.3. The number of nitrogens with zero attached hydrogens (tertiary/aromatic N) is 4. The molecule has 0 spiro atoms. The number of pyridine rings is 1. The van der Waals surface area contributed by atoms with Crippen molar-refractivity contribution >= 4 is 5.82 Å². The lowest BCUT2D eigenvalue weighted by Gasteiger charge is -2.12. The van der Waals surface area contributed by atoms with E-state index >= 15 is 0 Å². The van der Waals surface area contributed by atoms with E-state index in [1.54, 1.807) is 24.4 Å². The maximum atomic E-state index is 14.8. The van der Waals surface area contributed by atoms with E-state index in [0.29, 0.717) is 11.1 Å². The van der Waals surface area contributed by atoms with Crippen LogP contribution in [0.2, 0.25) is 0 Å². The zero-order valence-corrected chi connectivity index (χ0v) is 15.8. The molecule has 3 aromatic rings. The lowest BCUT2D eigenvalue weighted by Crippen LogP contribution is -2.19. The SMILES string of the molecule is CN(C)c1ccc(-c2ccc(-n3c(CC(CN)=C(F)F)n[nH]c3=O)c(F)c2)cn1. The Labute approximate surface area is 164 Å². The van der Waals surface area contributed by atoms with Gasteiger partial charge in [0.05, 0.1) is 5.69 Å². The third kappa shape index (κ3) is 4.21. The van der Waals surface area contributed by atoms with Crippen molar-refractivity contribution in [1.29, 1.82) is 0 Å². The van der Waals surface area contributed by atoms with E-state index in [4.69, 9.17) is 5.73 Å². The molecule has 2 heterocycles. The first-order chi connectivity index (χ1) is 13.8. The molecule has 0 atom stereocenters. The highest BCUT2D eigenvalue weighted by Gasteiger charge is 2.18. The minimum Gasteiger partial charge on any atom is -0.363 e. The molecule has 0 aliphatic rings. The van der Waals surface area contributed by atoms with E-state index in [9.17, 15) is 18.0 Å². The molecule has 3 rings (SSSR count). The highest BCUT2D eigenvalue weighted by molar-refractivity contribution is 5.65. The van der Waals surface area contributed by atoms with Crippen molar-refractivity contribution in [2.24, 2.45) is 5.73 Å². The van der Waals surface area contributed by atoms with Crippen molar-refractivity contribution in [3.05, 3.63) is 70.3 Å². The lowest BCUT2D eigenvalue weighted by molar-refractivity contribution is 0.407. The number of nitrogens with one attached hydrogen (secondary N) is 1. The fourth-order valence-corrected chi connectivity index (χ4v) is 2.79.